The molecule has 0 aliphatic heterocycles. The molecule has 7 nitrogen and oxygen atoms in total. The minimum absolute atomic E-state index is 0.201. The molecule has 1 aromatic heterocycles. The lowest BCUT2D eigenvalue weighted by Gasteiger charge is -2.18. The summed E-state index contributed by atoms with van der Waals surface area (Å²) in [7, 11) is 1.61. The van der Waals surface area contributed by atoms with Gasteiger partial charge in [-0.15, -0.1) is 6.58 Å². The van der Waals surface area contributed by atoms with Crippen molar-refractivity contribution in [2.45, 2.75) is 53.6 Å². The fourth-order valence-electron chi connectivity index (χ4n) is 5.42. The Hall–Kier alpha value is -5.17. The van der Waals surface area contributed by atoms with E-state index in [9.17, 15) is 4.79 Å². The van der Waals surface area contributed by atoms with Gasteiger partial charge in [0.25, 0.3) is 5.56 Å². The zero-order valence-electron chi connectivity index (χ0n) is 27.5. The summed E-state index contributed by atoms with van der Waals surface area (Å²) in [5.41, 5.74) is 7.04. The first-order valence-corrected chi connectivity index (χ1v) is 15.6. The van der Waals surface area contributed by atoms with Crippen LogP contribution in [0.25, 0.3) is 22.3 Å². The standard InChI is InChI=1S/C39H41N3O4/c1-8-12-30-20-29(21-36(44-7)37(30)46-24-28-17-15-26(5)16-18-28)23-40-42-38(41-34-14-11-10-13-31(34)39(42)43)33-22-32(25(3)4)35(45-9-2)19-27(33)6/h8,10-11,13-23,25H,1,9,12,24H2,2-7H3. The first-order chi connectivity index (χ1) is 22.2. The molecule has 4 aromatic carbocycles. The number of hydrogen-bond donors (Lipinski definition) is 0. The number of ether oxygens (including phenoxy) is 3. The third kappa shape index (κ3) is 6.89. The van der Waals surface area contributed by atoms with Crippen LogP contribution in [0.3, 0.4) is 0 Å². The molecule has 0 radical (unpaired) electrons. The molecule has 0 spiro atoms. The van der Waals surface area contributed by atoms with Crippen molar-refractivity contribution < 1.29 is 14.2 Å². The third-order valence-corrected chi connectivity index (χ3v) is 7.84. The van der Waals surface area contributed by atoms with Crippen molar-refractivity contribution in [1.29, 1.82) is 0 Å². The van der Waals surface area contributed by atoms with Gasteiger partial charge >= 0.3 is 0 Å². The number of methoxy groups -OCH3 is 1. The van der Waals surface area contributed by atoms with E-state index in [-0.39, 0.29) is 11.5 Å². The minimum atomic E-state index is -0.257. The number of allylic oxidation sites excluding steroid dienone is 1. The summed E-state index contributed by atoms with van der Waals surface area (Å²) in [5, 5.41) is 5.24. The van der Waals surface area contributed by atoms with Gasteiger partial charge in [0, 0.05) is 11.1 Å². The summed E-state index contributed by atoms with van der Waals surface area (Å²) in [6.45, 7) is 15.2. The lowest BCUT2D eigenvalue weighted by atomic mass is 9.96. The molecule has 0 saturated carbocycles. The molecule has 0 aliphatic carbocycles. The van der Waals surface area contributed by atoms with Gasteiger partial charge in [-0.25, -0.2) is 4.98 Å². The van der Waals surface area contributed by atoms with E-state index < -0.39 is 0 Å². The van der Waals surface area contributed by atoms with E-state index in [1.165, 1.54) is 10.2 Å². The molecule has 236 valence electrons. The van der Waals surface area contributed by atoms with Crippen LogP contribution >= 0.6 is 0 Å². The van der Waals surface area contributed by atoms with Gasteiger partial charge in [0.05, 0.1) is 30.8 Å². The SMILES string of the molecule is C=CCc1cc(C=Nn2c(-c3cc(C(C)C)c(OCC)cc3C)nc3ccccc3c2=O)cc(OC)c1OCc1ccc(C)cc1. The fraction of sp³-hybridized carbons (Fsp3) is 0.256. The second kappa shape index (κ2) is 14.3. The van der Waals surface area contributed by atoms with E-state index >= 15 is 0 Å². The van der Waals surface area contributed by atoms with Crippen LogP contribution in [-0.2, 0) is 13.0 Å². The summed E-state index contributed by atoms with van der Waals surface area (Å²) in [5.74, 6) is 2.72. The second-order valence-electron chi connectivity index (χ2n) is 11.6. The predicted octanol–water partition coefficient (Wildman–Crippen LogP) is 8.40. The van der Waals surface area contributed by atoms with Crippen molar-refractivity contribution in [3.05, 3.63) is 129 Å². The third-order valence-electron chi connectivity index (χ3n) is 7.84. The first-order valence-electron chi connectivity index (χ1n) is 15.6. The van der Waals surface area contributed by atoms with Crippen LogP contribution in [0.4, 0.5) is 0 Å². The Morgan fingerprint density at radius 2 is 1.74 bits per heavy atom. The van der Waals surface area contributed by atoms with Crippen LogP contribution in [0.5, 0.6) is 17.2 Å². The van der Waals surface area contributed by atoms with Crippen LogP contribution in [0.1, 0.15) is 60.1 Å². The van der Waals surface area contributed by atoms with E-state index in [1.807, 2.05) is 56.3 Å². The van der Waals surface area contributed by atoms with Gasteiger partial charge in [0.2, 0.25) is 0 Å². The molecule has 0 saturated heterocycles. The van der Waals surface area contributed by atoms with Gasteiger partial charge in [-0.05, 0) is 91.8 Å². The van der Waals surface area contributed by atoms with Gasteiger partial charge in [-0.1, -0.05) is 61.9 Å². The average molecular weight is 616 g/mol. The summed E-state index contributed by atoms with van der Waals surface area (Å²) in [6.07, 6.45) is 4.05. The van der Waals surface area contributed by atoms with Gasteiger partial charge in [0.15, 0.2) is 17.3 Å². The molecular weight excluding hydrogens is 574 g/mol. The molecular formula is C39H41N3O4. The number of para-hydroxylation sites is 1. The van der Waals surface area contributed by atoms with E-state index in [2.05, 4.69) is 57.7 Å². The molecule has 46 heavy (non-hydrogen) atoms. The van der Waals surface area contributed by atoms with Gasteiger partial charge in [0.1, 0.15) is 12.4 Å². The van der Waals surface area contributed by atoms with Crippen LogP contribution in [-0.4, -0.2) is 29.6 Å². The Kier molecular flexibility index (Phi) is 10.0. The van der Waals surface area contributed by atoms with E-state index in [0.717, 1.165) is 39.1 Å². The zero-order valence-corrected chi connectivity index (χ0v) is 27.5. The number of aryl methyl sites for hydroxylation is 2. The topological polar surface area (TPSA) is 74.9 Å². The largest absolute Gasteiger partial charge is 0.494 e. The average Bonchev–Trinajstić information content (AvgIpc) is 3.04. The Balaban J connectivity index is 1.62. The molecule has 7 heteroatoms. The zero-order chi connectivity index (χ0) is 32.8. The number of hydrogen-bond acceptors (Lipinski definition) is 6. The summed E-state index contributed by atoms with van der Waals surface area (Å²) in [4.78, 5) is 18.9. The van der Waals surface area contributed by atoms with Crippen molar-refractivity contribution in [3.8, 4) is 28.6 Å². The number of fused-ring (bicyclic) bond motifs is 1. The molecule has 0 N–H and O–H groups in total. The van der Waals surface area contributed by atoms with E-state index in [1.54, 1.807) is 19.4 Å². The Morgan fingerprint density at radius 1 is 0.978 bits per heavy atom. The molecule has 0 atom stereocenters. The highest BCUT2D eigenvalue weighted by Gasteiger charge is 2.19. The number of rotatable bonds is 12. The van der Waals surface area contributed by atoms with Crippen LogP contribution < -0.4 is 19.8 Å². The van der Waals surface area contributed by atoms with Crippen molar-refractivity contribution in [1.82, 2.24) is 9.66 Å². The van der Waals surface area contributed by atoms with Crippen LogP contribution in [0.2, 0.25) is 0 Å². The van der Waals surface area contributed by atoms with Gasteiger partial charge < -0.3 is 14.2 Å². The van der Waals surface area contributed by atoms with Gasteiger partial charge in [-0.2, -0.15) is 9.78 Å². The molecule has 0 bridgehead atoms. The summed E-state index contributed by atoms with van der Waals surface area (Å²) < 4.78 is 19.4. The van der Waals surface area contributed by atoms with Crippen LogP contribution in [0.15, 0.2) is 95.3 Å². The smallest absolute Gasteiger partial charge is 0.282 e. The van der Waals surface area contributed by atoms with E-state index in [0.29, 0.717) is 47.9 Å². The highest BCUT2D eigenvalue weighted by Crippen LogP contribution is 2.36. The lowest BCUT2D eigenvalue weighted by molar-refractivity contribution is 0.282. The highest BCUT2D eigenvalue weighted by atomic mass is 16.5. The number of benzene rings is 4. The Bertz CT molecular complexity index is 1960. The molecule has 0 aliphatic rings. The lowest BCUT2D eigenvalue weighted by Crippen LogP contribution is -2.21. The highest BCUT2D eigenvalue weighted by molar-refractivity contribution is 5.83. The fourth-order valence-corrected chi connectivity index (χ4v) is 5.42. The predicted molar refractivity (Wildman–Crippen MR) is 187 cm³/mol. The summed E-state index contributed by atoms with van der Waals surface area (Å²) >= 11 is 0. The summed E-state index contributed by atoms with van der Waals surface area (Å²) in [6, 6.07) is 23.5. The molecule has 1 heterocycles. The first kappa shape index (κ1) is 32.2. The maximum Gasteiger partial charge on any atom is 0.282 e. The molecule has 0 fully saturated rings. The monoisotopic (exact) mass is 615 g/mol. The van der Waals surface area contributed by atoms with Crippen LogP contribution in [0, 0.1) is 13.8 Å². The quantitative estimate of drug-likeness (QED) is 0.104. The Labute approximate surface area is 270 Å². The molecule has 5 aromatic rings. The Morgan fingerprint density at radius 3 is 2.43 bits per heavy atom. The minimum Gasteiger partial charge on any atom is -0.494 e. The maximum absolute atomic E-state index is 14.0. The van der Waals surface area contributed by atoms with E-state index in [4.69, 9.17) is 24.3 Å². The van der Waals surface area contributed by atoms with Crippen molar-refractivity contribution in [2.24, 2.45) is 5.10 Å². The molecule has 5 rings (SSSR count). The number of aromatic nitrogens is 2. The molecule has 0 amide bonds. The van der Waals surface area contributed by atoms with Crippen molar-refractivity contribution >= 4 is 17.1 Å². The second-order valence-corrected chi connectivity index (χ2v) is 11.6. The van der Waals surface area contributed by atoms with Crippen molar-refractivity contribution in [2.75, 3.05) is 13.7 Å². The van der Waals surface area contributed by atoms with Gasteiger partial charge in [-0.3, -0.25) is 4.79 Å². The number of nitrogens with zero attached hydrogens (tertiary/aromatic N) is 3. The molecule has 0 unspecified atom stereocenters. The maximum atomic E-state index is 14.0. The van der Waals surface area contributed by atoms with Crippen molar-refractivity contribution in [3.63, 3.8) is 0 Å². The normalized spacial score (nSPS) is 11.4.